The topological polar surface area (TPSA) is 35.2 Å². The number of alkyl halides is 3. The summed E-state index contributed by atoms with van der Waals surface area (Å²) in [5.41, 5.74) is 5.59. The molecule has 78 valence electrons. The number of ether oxygens (including phenoxy) is 1. The van der Waals surface area contributed by atoms with Gasteiger partial charge in [-0.05, 0) is 44.6 Å². The average Bonchev–Trinajstić information content (AvgIpc) is 1.96. The van der Waals surface area contributed by atoms with Crippen LogP contribution in [-0.4, -0.2) is 6.36 Å². The highest BCUT2D eigenvalue weighted by Crippen LogP contribution is 2.35. The first-order chi connectivity index (χ1) is 6.29. The van der Waals surface area contributed by atoms with Crippen molar-refractivity contribution < 1.29 is 17.9 Å². The van der Waals surface area contributed by atoms with Gasteiger partial charge < -0.3 is 10.5 Å². The van der Waals surface area contributed by atoms with Crippen LogP contribution in [0.2, 0.25) is 0 Å². The zero-order valence-electron chi connectivity index (χ0n) is 6.53. The van der Waals surface area contributed by atoms with Gasteiger partial charge >= 0.3 is 6.36 Å². The number of nitrogens with two attached hydrogens (primary N) is 1. The summed E-state index contributed by atoms with van der Waals surface area (Å²) < 4.78 is 40.3. The molecule has 1 aromatic rings. The Balaban J connectivity index is 3.09. The van der Waals surface area contributed by atoms with Gasteiger partial charge in [0.25, 0.3) is 0 Å². The molecule has 0 unspecified atom stereocenters. The van der Waals surface area contributed by atoms with Crippen molar-refractivity contribution in [3.8, 4) is 5.75 Å². The van der Waals surface area contributed by atoms with E-state index >= 15 is 0 Å². The zero-order chi connectivity index (χ0) is 10.9. The first-order valence-electron chi connectivity index (χ1n) is 3.30. The summed E-state index contributed by atoms with van der Waals surface area (Å²) in [6.07, 6.45) is -4.71. The van der Waals surface area contributed by atoms with Crippen LogP contribution in [0.4, 0.5) is 18.9 Å². The van der Waals surface area contributed by atoms with E-state index in [4.69, 9.17) is 5.73 Å². The fourth-order valence-corrected chi connectivity index (χ4v) is 1.72. The quantitative estimate of drug-likeness (QED) is 0.596. The molecule has 0 spiro atoms. The maximum atomic E-state index is 11.9. The number of anilines is 1. The maximum absolute atomic E-state index is 11.9. The third-order valence-electron chi connectivity index (χ3n) is 1.24. The van der Waals surface area contributed by atoms with Crippen molar-refractivity contribution in [2.75, 3.05) is 5.73 Å². The number of rotatable bonds is 1. The molecule has 2 nitrogen and oxygen atoms in total. The molecule has 0 fully saturated rings. The van der Waals surface area contributed by atoms with Crippen molar-refractivity contribution in [1.82, 2.24) is 0 Å². The van der Waals surface area contributed by atoms with Crippen molar-refractivity contribution in [2.24, 2.45) is 0 Å². The highest BCUT2D eigenvalue weighted by Gasteiger charge is 2.32. The molecule has 0 aromatic heterocycles. The SMILES string of the molecule is Nc1cc(I)c(Br)c(OC(F)(F)F)c1. The van der Waals surface area contributed by atoms with Crippen molar-refractivity contribution in [1.29, 1.82) is 0 Å². The monoisotopic (exact) mass is 381 g/mol. The van der Waals surface area contributed by atoms with Gasteiger partial charge in [-0.25, -0.2) is 0 Å². The number of hydrogen-bond acceptors (Lipinski definition) is 2. The van der Waals surface area contributed by atoms with Gasteiger partial charge in [0.15, 0.2) is 0 Å². The van der Waals surface area contributed by atoms with Gasteiger partial charge in [0, 0.05) is 15.3 Å². The van der Waals surface area contributed by atoms with E-state index in [9.17, 15) is 13.2 Å². The predicted molar refractivity (Wildman–Crippen MR) is 58.0 cm³/mol. The lowest BCUT2D eigenvalue weighted by Crippen LogP contribution is -2.17. The van der Waals surface area contributed by atoms with E-state index in [-0.39, 0.29) is 15.9 Å². The van der Waals surface area contributed by atoms with Crippen molar-refractivity contribution in [3.63, 3.8) is 0 Å². The summed E-state index contributed by atoms with van der Waals surface area (Å²) >= 11 is 4.83. The zero-order valence-corrected chi connectivity index (χ0v) is 10.3. The normalized spacial score (nSPS) is 11.5. The molecule has 1 aromatic carbocycles. The van der Waals surface area contributed by atoms with Gasteiger partial charge in [-0.2, -0.15) is 0 Å². The van der Waals surface area contributed by atoms with Crippen LogP contribution in [0.25, 0.3) is 0 Å². The lowest BCUT2D eigenvalue weighted by molar-refractivity contribution is -0.274. The third kappa shape index (κ3) is 3.19. The molecule has 14 heavy (non-hydrogen) atoms. The lowest BCUT2D eigenvalue weighted by atomic mass is 10.3. The molecule has 1 rings (SSSR count). The molecule has 0 aliphatic rings. The Bertz CT molecular complexity index is 356. The minimum atomic E-state index is -4.71. The molecule has 0 atom stereocenters. The van der Waals surface area contributed by atoms with E-state index in [1.807, 2.05) is 22.6 Å². The number of nitrogen functional groups attached to an aromatic ring is 1. The minimum Gasteiger partial charge on any atom is -0.404 e. The molecular weight excluding hydrogens is 378 g/mol. The molecule has 0 radical (unpaired) electrons. The van der Waals surface area contributed by atoms with Gasteiger partial charge in [-0.1, -0.05) is 0 Å². The van der Waals surface area contributed by atoms with Gasteiger partial charge in [-0.15, -0.1) is 13.2 Å². The molecule has 0 heterocycles. The van der Waals surface area contributed by atoms with E-state index in [2.05, 4.69) is 20.7 Å². The fourth-order valence-electron chi connectivity index (χ4n) is 0.783. The van der Waals surface area contributed by atoms with Crippen LogP contribution < -0.4 is 10.5 Å². The second-order valence-electron chi connectivity index (χ2n) is 2.36. The standard InChI is InChI=1S/C7H4BrF3INO/c8-6-4(12)1-3(13)2-5(6)14-7(9,10)11/h1-2H,13H2. The van der Waals surface area contributed by atoms with Crippen molar-refractivity contribution in [3.05, 3.63) is 20.2 Å². The first-order valence-corrected chi connectivity index (χ1v) is 5.17. The van der Waals surface area contributed by atoms with E-state index in [0.717, 1.165) is 6.07 Å². The molecule has 0 aliphatic heterocycles. The van der Waals surface area contributed by atoms with Crippen molar-refractivity contribution in [2.45, 2.75) is 6.36 Å². The van der Waals surface area contributed by atoms with Crippen molar-refractivity contribution >= 4 is 44.2 Å². The van der Waals surface area contributed by atoms with Gasteiger partial charge in [-0.3, -0.25) is 0 Å². The Morgan fingerprint density at radius 3 is 2.43 bits per heavy atom. The van der Waals surface area contributed by atoms with Crippen LogP contribution in [0.1, 0.15) is 0 Å². The number of halogens is 5. The van der Waals surface area contributed by atoms with E-state index in [0.29, 0.717) is 3.57 Å². The lowest BCUT2D eigenvalue weighted by Gasteiger charge is -2.11. The average molecular weight is 382 g/mol. The summed E-state index contributed by atoms with van der Waals surface area (Å²) in [5, 5.41) is 0. The van der Waals surface area contributed by atoms with Crippen LogP contribution in [0.3, 0.4) is 0 Å². The fraction of sp³-hybridized carbons (Fsp3) is 0.143. The molecule has 0 amide bonds. The molecule has 0 bridgehead atoms. The Labute approximate surface area is 99.9 Å². The number of benzene rings is 1. The predicted octanol–water partition coefficient (Wildman–Crippen LogP) is 3.53. The molecule has 7 heteroatoms. The van der Waals surface area contributed by atoms with Crippen LogP contribution in [0.5, 0.6) is 5.75 Å². The summed E-state index contributed by atoms with van der Waals surface area (Å²) in [7, 11) is 0. The molecule has 0 saturated heterocycles. The Morgan fingerprint density at radius 2 is 1.93 bits per heavy atom. The highest BCUT2D eigenvalue weighted by molar-refractivity contribution is 14.1. The van der Waals surface area contributed by atoms with E-state index in [1.54, 1.807) is 0 Å². The van der Waals surface area contributed by atoms with Gasteiger partial charge in [0.05, 0.1) is 4.47 Å². The summed E-state index contributed by atoms with van der Waals surface area (Å²) in [4.78, 5) is 0. The number of hydrogen-bond donors (Lipinski definition) is 1. The van der Waals surface area contributed by atoms with Crippen LogP contribution in [0.15, 0.2) is 16.6 Å². The smallest absolute Gasteiger partial charge is 0.404 e. The molecular formula is C7H4BrF3INO. The van der Waals surface area contributed by atoms with Crippen LogP contribution in [0, 0.1) is 3.57 Å². The van der Waals surface area contributed by atoms with E-state index < -0.39 is 6.36 Å². The summed E-state index contributed by atoms with van der Waals surface area (Å²) in [6, 6.07) is 2.65. The van der Waals surface area contributed by atoms with Crippen LogP contribution in [-0.2, 0) is 0 Å². The minimum absolute atomic E-state index is 0.219. The van der Waals surface area contributed by atoms with Gasteiger partial charge in [0.1, 0.15) is 5.75 Å². The molecule has 0 aliphatic carbocycles. The first kappa shape index (κ1) is 11.9. The Hall–Kier alpha value is -0.180. The summed E-state index contributed by atoms with van der Waals surface area (Å²) in [6.45, 7) is 0. The van der Waals surface area contributed by atoms with E-state index in [1.165, 1.54) is 6.07 Å². The third-order valence-corrected chi connectivity index (χ3v) is 3.65. The largest absolute Gasteiger partial charge is 0.573 e. The second-order valence-corrected chi connectivity index (χ2v) is 4.32. The maximum Gasteiger partial charge on any atom is 0.573 e. The highest BCUT2D eigenvalue weighted by atomic mass is 127. The Kier molecular flexibility index (Phi) is 3.51. The molecule has 0 saturated carbocycles. The van der Waals surface area contributed by atoms with Crippen LogP contribution >= 0.6 is 38.5 Å². The Morgan fingerprint density at radius 1 is 1.36 bits per heavy atom. The second kappa shape index (κ2) is 4.13. The van der Waals surface area contributed by atoms with Gasteiger partial charge in [0.2, 0.25) is 0 Å². The molecule has 2 N–H and O–H groups in total. The summed E-state index contributed by atoms with van der Waals surface area (Å²) in [5.74, 6) is -0.332.